The number of nitroso groups, excluding NO2 is 1. The number of carbonyl (C=O) groups excluding carboxylic acids is 2. The molecule has 1 rings (SSSR count). The molecule has 0 aliphatic rings. The largest absolute Gasteiger partial charge is 0.493 e. The van der Waals surface area contributed by atoms with E-state index in [1.54, 1.807) is 13.8 Å². The summed E-state index contributed by atoms with van der Waals surface area (Å²) in [5.74, 6) is -0.227. The maximum Gasteiger partial charge on any atom is 0.407 e. The zero-order chi connectivity index (χ0) is 21.2. The predicted octanol–water partition coefficient (Wildman–Crippen LogP) is 2.71. The normalized spacial score (nSPS) is 11.9. The summed E-state index contributed by atoms with van der Waals surface area (Å²) < 4.78 is 16.9. The Morgan fingerprint density at radius 1 is 1.25 bits per heavy atom. The Labute approximate surface area is 165 Å². The maximum atomic E-state index is 12.1. The summed E-state index contributed by atoms with van der Waals surface area (Å²) in [4.78, 5) is 34.9. The van der Waals surface area contributed by atoms with Gasteiger partial charge in [0.2, 0.25) is 6.54 Å². The number of rotatable bonds is 11. The Balaban J connectivity index is 2.56. The average Bonchev–Trinajstić information content (AvgIpc) is 2.62. The standard InChI is InChI=1S/C20H28N2O6/c1-15(2)18(23)26-12-11-21-19(24)28-20(3,4)16(13-22(5)25)14-27-17-9-7-6-8-10-17/h6-10,16H,1,11-14H2,2-5H3/p+1. The minimum atomic E-state index is -0.966. The second-order valence-corrected chi connectivity index (χ2v) is 6.97. The van der Waals surface area contributed by atoms with Crippen LogP contribution in [0.5, 0.6) is 5.75 Å². The molecule has 0 aromatic heterocycles. The Bertz CT molecular complexity index is 687. The van der Waals surface area contributed by atoms with Crippen molar-refractivity contribution in [2.75, 3.05) is 33.4 Å². The SMILES string of the molecule is C=C(C)C(=O)OCCNC(=O)OC(C)(C)C(COc1ccccc1)C[N+](C)=O. The van der Waals surface area contributed by atoms with Gasteiger partial charge >= 0.3 is 12.1 Å². The third-order valence-corrected chi connectivity index (χ3v) is 3.96. The van der Waals surface area contributed by atoms with Crippen molar-refractivity contribution in [1.29, 1.82) is 0 Å². The Hall–Kier alpha value is -2.90. The van der Waals surface area contributed by atoms with Crippen LogP contribution in [0.25, 0.3) is 0 Å². The van der Waals surface area contributed by atoms with Gasteiger partial charge in [0.1, 0.15) is 24.6 Å². The van der Waals surface area contributed by atoms with E-state index in [1.165, 1.54) is 14.0 Å². The molecule has 0 heterocycles. The van der Waals surface area contributed by atoms with Crippen LogP contribution in [0.3, 0.4) is 0 Å². The fourth-order valence-corrected chi connectivity index (χ4v) is 2.28. The first kappa shape index (κ1) is 23.1. The molecule has 28 heavy (non-hydrogen) atoms. The maximum absolute atomic E-state index is 12.1. The number of hydrogen-bond acceptors (Lipinski definition) is 6. The fraction of sp³-hybridized carbons (Fsp3) is 0.500. The lowest BCUT2D eigenvalue weighted by Crippen LogP contribution is -2.46. The van der Waals surface area contributed by atoms with E-state index in [2.05, 4.69) is 11.9 Å². The minimum Gasteiger partial charge on any atom is -0.493 e. The fourth-order valence-electron chi connectivity index (χ4n) is 2.28. The zero-order valence-electron chi connectivity index (χ0n) is 16.9. The highest BCUT2D eigenvalue weighted by Gasteiger charge is 2.38. The van der Waals surface area contributed by atoms with E-state index in [9.17, 15) is 14.5 Å². The zero-order valence-corrected chi connectivity index (χ0v) is 16.9. The molecule has 1 amide bonds. The van der Waals surface area contributed by atoms with Crippen LogP contribution in [-0.4, -0.2) is 55.8 Å². The lowest BCUT2D eigenvalue weighted by Gasteiger charge is -2.31. The van der Waals surface area contributed by atoms with Crippen molar-refractivity contribution in [2.45, 2.75) is 26.4 Å². The van der Waals surface area contributed by atoms with Gasteiger partial charge in [-0.2, -0.15) is 0 Å². The van der Waals surface area contributed by atoms with Crippen molar-refractivity contribution in [3.8, 4) is 5.75 Å². The molecule has 1 N–H and O–H groups in total. The van der Waals surface area contributed by atoms with Crippen LogP contribution in [0.2, 0.25) is 0 Å². The van der Waals surface area contributed by atoms with Crippen LogP contribution in [0.15, 0.2) is 42.5 Å². The summed E-state index contributed by atoms with van der Waals surface area (Å²) in [5.41, 5.74) is -0.682. The number of nitrogens with one attached hydrogen (secondary N) is 1. The van der Waals surface area contributed by atoms with Crippen molar-refractivity contribution in [2.24, 2.45) is 5.92 Å². The number of benzene rings is 1. The molecular weight excluding hydrogens is 364 g/mol. The summed E-state index contributed by atoms with van der Waals surface area (Å²) >= 11 is 0. The topological polar surface area (TPSA) is 93.9 Å². The summed E-state index contributed by atoms with van der Waals surface area (Å²) in [6, 6.07) is 9.19. The molecular formula is C20H29N2O6+. The van der Waals surface area contributed by atoms with E-state index in [0.717, 1.165) is 4.76 Å². The van der Waals surface area contributed by atoms with Crippen LogP contribution < -0.4 is 10.1 Å². The number of ether oxygens (including phenoxy) is 3. The van der Waals surface area contributed by atoms with Gasteiger partial charge in [0.25, 0.3) is 0 Å². The first-order valence-electron chi connectivity index (χ1n) is 8.97. The monoisotopic (exact) mass is 393 g/mol. The summed E-state index contributed by atoms with van der Waals surface area (Å²) in [6.45, 7) is 8.88. The second-order valence-electron chi connectivity index (χ2n) is 6.97. The van der Waals surface area contributed by atoms with Gasteiger partial charge in [-0.05, 0) is 37.7 Å². The molecule has 8 nitrogen and oxygen atoms in total. The number of para-hydroxylation sites is 1. The highest BCUT2D eigenvalue weighted by molar-refractivity contribution is 5.86. The van der Waals surface area contributed by atoms with Gasteiger partial charge in [-0.15, -0.1) is 0 Å². The highest BCUT2D eigenvalue weighted by Crippen LogP contribution is 2.23. The van der Waals surface area contributed by atoms with Crippen LogP contribution >= 0.6 is 0 Å². The van der Waals surface area contributed by atoms with Crippen molar-refractivity contribution in [3.05, 3.63) is 47.4 Å². The third kappa shape index (κ3) is 8.66. The van der Waals surface area contributed by atoms with E-state index in [1.807, 2.05) is 30.3 Å². The van der Waals surface area contributed by atoms with Gasteiger partial charge in [0, 0.05) is 10.5 Å². The molecule has 154 valence electrons. The molecule has 8 heteroatoms. The van der Waals surface area contributed by atoms with E-state index in [-0.39, 0.29) is 37.8 Å². The second kappa shape index (κ2) is 11.1. The van der Waals surface area contributed by atoms with Gasteiger partial charge in [-0.25, -0.2) is 9.59 Å². The minimum absolute atomic E-state index is 0.00503. The number of carbonyl (C=O) groups is 2. The molecule has 0 bridgehead atoms. The van der Waals surface area contributed by atoms with E-state index < -0.39 is 17.7 Å². The summed E-state index contributed by atoms with van der Waals surface area (Å²) in [6.07, 6.45) is -0.672. The lowest BCUT2D eigenvalue weighted by atomic mass is 9.91. The Morgan fingerprint density at radius 2 is 1.89 bits per heavy atom. The number of esters is 1. The summed E-state index contributed by atoms with van der Waals surface area (Å²) in [7, 11) is 1.40. The van der Waals surface area contributed by atoms with Crippen molar-refractivity contribution in [3.63, 3.8) is 0 Å². The van der Waals surface area contributed by atoms with Gasteiger partial charge < -0.3 is 19.5 Å². The number of hydrogen-bond donors (Lipinski definition) is 1. The number of nitrogens with zero attached hydrogens (tertiary/aromatic N) is 1. The van der Waals surface area contributed by atoms with Gasteiger partial charge in [0.15, 0.2) is 7.05 Å². The molecule has 0 saturated carbocycles. The molecule has 0 fully saturated rings. The van der Waals surface area contributed by atoms with Crippen LogP contribution in [-0.2, 0) is 14.3 Å². The molecule has 0 aliphatic carbocycles. The van der Waals surface area contributed by atoms with E-state index in [0.29, 0.717) is 5.75 Å². The van der Waals surface area contributed by atoms with E-state index in [4.69, 9.17) is 14.2 Å². The Kier molecular flexibility index (Phi) is 9.14. The van der Waals surface area contributed by atoms with Crippen LogP contribution in [0.1, 0.15) is 20.8 Å². The van der Waals surface area contributed by atoms with Crippen molar-refractivity contribution < 1.29 is 28.6 Å². The predicted molar refractivity (Wildman–Crippen MR) is 104 cm³/mol. The summed E-state index contributed by atoms with van der Waals surface area (Å²) in [5, 5.41) is 2.51. The van der Waals surface area contributed by atoms with Crippen LogP contribution in [0.4, 0.5) is 4.79 Å². The molecule has 1 unspecified atom stereocenters. The highest BCUT2D eigenvalue weighted by atomic mass is 16.6. The smallest absolute Gasteiger partial charge is 0.407 e. The first-order chi connectivity index (χ1) is 13.1. The molecule has 1 aromatic rings. The van der Waals surface area contributed by atoms with Gasteiger partial charge in [0.05, 0.1) is 12.5 Å². The first-order valence-corrected chi connectivity index (χ1v) is 8.97. The number of alkyl carbamates (subject to hydrolysis) is 1. The molecule has 1 atom stereocenters. The molecule has 0 radical (unpaired) electrons. The van der Waals surface area contributed by atoms with E-state index >= 15 is 0 Å². The lowest BCUT2D eigenvalue weighted by molar-refractivity contribution is -0.530. The average molecular weight is 393 g/mol. The Morgan fingerprint density at radius 3 is 2.46 bits per heavy atom. The quantitative estimate of drug-likeness (QED) is 0.269. The molecule has 0 aliphatic heterocycles. The third-order valence-electron chi connectivity index (χ3n) is 3.96. The molecule has 1 aromatic carbocycles. The van der Waals surface area contributed by atoms with Crippen molar-refractivity contribution >= 4 is 12.1 Å². The number of amides is 1. The molecule has 0 saturated heterocycles. The molecule has 0 spiro atoms. The van der Waals surface area contributed by atoms with Gasteiger partial charge in [-0.3, -0.25) is 0 Å². The van der Waals surface area contributed by atoms with Crippen LogP contribution in [0, 0.1) is 10.8 Å². The van der Waals surface area contributed by atoms with Crippen molar-refractivity contribution in [1.82, 2.24) is 5.32 Å². The van der Waals surface area contributed by atoms with Gasteiger partial charge in [-0.1, -0.05) is 24.8 Å².